The minimum absolute atomic E-state index is 0.140. The normalized spacial score (nSPS) is 14.7. The van der Waals surface area contributed by atoms with Gasteiger partial charge in [-0.2, -0.15) is 0 Å². The fourth-order valence-electron chi connectivity index (χ4n) is 5.87. The molecular formula is C37H35N3O4S. The number of ether oxygens (including phenoxy) is 2. The molecule has 0 spiro atoms. The Bertz CT molecular complexity index is 2090. The molecule has 6 rings (SSSR count). The van der Waals surface area contributed by atoms with E-state index < -0.39 is 6.04 Å². The van der Waals surface area contributed by atoms with Gasteiger partial charge in [-0.15, -0.1) is 0 Å². The van der Waals surface area contributed by atoms with Gasteiger partial charge in [0, 0.05) is 18.7 Å². The first-order chi connectivity index (χ1) is 21.9. The minimum Gasteiger partial charge on any atom is -0.496 e. The van der Waals surface area contributed by atoms with Crippen molar-refractivity contribution in [3.05, 3.63) is 139 Å². The van der Waals surface area contributed by atoms with Crippen molar-refractivity contribution < 1.29 is 14.3 Å². The predicted molar refractivity (Wildman–Crippen MR) is 179 cm³/mol. The molecule has 2 heterocycles. The van der Waals surface area contributed by atoms with Crippen LogP contribution in [0, 0.1) is 0 Å². The summed E-state index contributed by atoms with van der Waals surface area (Å²) >= 11 is 1.32. The quantitative estimate of drug-likeness (QED) is 0.208. The van der Waals surface area contributed by atoms with Crippen molar-refractivity contribution in [2.75, 3.05) is 20.2 Å². The number of hydrogen-bond acceptors (Lipinski definition) is 6. The summed E-state index contributed by atoms with van der Waals surface area (Å²) in [6, 6.07) is 28.8. The molecule has 8 heteroatoms. The zero-order valence-corrected chi connectivity index (χ0v) is 26.6. The van der Waals surface area contributed by atoms with E-state index in [-0.39, 0.29) is 11.5 Å². The molecule has 4 aromatic carbocycles. The average molecular weight is 618 g/mol. The Balaban J connectivity index is 1.51. The molecule has 1 aliphatic rings. The molecule has 0 fully saturated rings. The molecule has 228 valence electrons. The van der Waals surface area contributed by atoms with Gasteiger partial charge < -0.3 is 14.4 Å². The van der Waals surface area contributed by atoms with Crippen molar-refractivity contribution in [1.29, 1.82) is 0 Å². The second kappa shape index (κ2) is 13.0. The summed E-state index contributed by atoms with van der Waals surface area (Å²) in [7, 11) is 1.62. The third kappa shape index (κ3) is 5.81. The maximum atomic E-state index is 14.4. The number of carbonyl (C=O) groups excluding carboxylic acids is 1. The molecular weight excluding hydrogens is 582 g/mol. The van der Waals surface area contributed by atoms with Crippen LogP contribution in [0.25, 0.3) is 16.8 Å². The monoisotopic (exact) mass is 617 g/mol. The van der Waals surface area contributed by atoms with E-state index in [4.69, 9.17) is 14.5 Å². The molecule has 0 N–H and O–H groups in total. The van der Waals surface area contributed by atoms with Gasteiger partial charge in [0.1, 0.15) is 24.1 Å². The van der Waals surface area contributed by atoms with Crippen LogP contribution in [0.5, 0.6) is 11.5 Å². The first kappa shape index (κ1) is 30.1. The predicted octanol–water partition coefficient (Wildman–Crippen LogP) is 5.84. The van der Waals surface area contributed by atoms with Gasteiger partial charge >= 0.3 is 0 Å². The van der Waals surface area contributed by atoms with E-state index in [2.05, 4.69) is 0 Å². The smallest absolute Gasteiger partial charge is 0.271 e. The summed E-state index contributed by atoms with van der Waals surface area (Å²) in [5.41, 5.74) is 3.53. The molecule has 1 atom stereocenters. The second-order valence-corrected chi connectivity index (χ2v) is 11.8. The van der Waals surface area contributed by atoms with Crippen molar-refractivity contribution in [2.24, 2.45) is 4.99 Å². The van der Waals surface area contributed by atoms with Gasteiger partial charge in [-0.3, -0.25) is 14.2 Å². The molecule has 0 saturated heterocycles. The van der Waals surface area contributed by atoms with Crippen LogP contribution in [-0.2, 0) is 11.4 Å². The molecule has 45 heavy (non-hydrogen) atoms. The minimum atomic E-state index is -0.724. The Kier molecular flexibility index (Phi) is 8.67. The topological polar surface area (TPSA) is 73.1 Å². The largest absolute Gasteiger partial charge is 0.496 e. The van der Waals surface area contributed by atoms with Crippen LogP contribution >= 0.6 is 11.3 Å². The average Bonchev–Trinajstić information content (AvgIpc) is 3.37. The molecule has 7 nitrogen and oxygen atoms in total. The number of aromatic nitrogens is 1. The van der Waals surface area contributed by atoms with Crippen molar-refractivity contribution >= 4 is 34.1 Å². The third-order valence-electron chi connectivity index (χ3n) is 8.13. The van der Waals surface area contributed by atoms with E-state index in [1.165, 1.54) is 11.3 Å². The molecule has 0 bridgehead atoms. The zero-order chi connectivity index (χ0) is 31.5. The van der Waals surface area contributed by atoms with E-state index in [1.807, 2.05) is 118 Å². The van der Waals surface area contributed by atoms with E-state index >= 15 is 0 Å². The van der Waals surface area contributed by atoms with Crippen molar-refractivity contribution in [3.8, 4) is 11.5 Å². The number of carbonyl (C=O) groups is 1. The highest BCUT2D eigenvalue weighted by Crippen LogP contribution is 2.40. The van der Waals surface area contributed by atoms with Gasteiger partial charge in [-0.1, -0.05) is 84.1 Å². The van der Waals surface area contributed by atoms with Gasteiger partial charge in [-0.25, -0.2) is 4.99 Å². The maximum Gasteiger partial charge on any atom is 0.271 e. The lowest BCUT2D eigenvalue weighted by Gasteiger charge is -2.30. The Morgan fingerprint density at radius 3 is 2.49 bits per heavy atom. The van der Waals surface area contributed by atoms with Crippen molar-refractivity contribution in [2.45, 2.75) is 33.4 Å². The van der Waals surface area contributed by atoms with E-state index in [0.29, 0.717) is 51.8 Å². The Morgan fingerprint density at radius 1 is 0.978 bits per heavy atom. The SMILES string of the molecule is CCN(CC)C(=O)C1=C(C)N=c2s/c(=C/c3cccc(OCc4ccccc4)c3)c(=O)n2[C@@H]1c1c(OC)ccc2ccccc12. The number of allylic oxidation sites excluding steroid dienone is 1. The number of hydrogen-bond donors (Lipinski definition) is 0. The lowest BCUT2D eigenvalue weighted by Crippen LogP contribution is -2.43. The van der Waals surface area contributed by atoms with Crippen LogP contribution in [0.4, 0.5) is 0 Å². The van der Waals surface area contributed by atoms with Crippen LogP contribution in [0.15, 0.2) is 112 Å². The third-order valence-corrected chi connectivity index (χ3v) is 9.11. The van der Waals surface area contributed by atoms with Crippen molar-refractivity contribution in [1.82, 2.24) is 9.47 Å². The lowest BCUT2D eigenvalue weighted by molar-refractivity contribution is -0.127. The summed E-state index contributed by atoms with van der Waals surface area (Å²) in [4.78, 5) is 35.7. The Labute approximate surface area is 266 Å². The summed E-state index contributed by atoms with van der Waals surface area (Å²) in [6.07, 6.45) is 1.86. The number of fused-ring (bicyclic) bond motifs is 2. The van der Waals surface area contributed by atoms with Gasteiger partial charge in [0.15, 0.2) is 4.80 Å². The highest BCUT2D eigenvalue weighted by molar-refractivity contribution is 7.07. The molecule has 0 unspecified atom stereocenters. The summed E-state index contributed by atoms with van der Waals surface area (Å²) < 4.78 is 14.1. The highest BCUT2D eigenvalue weighted by Gasteiger charge is 2.36. The van der Waals surface area contributed by atoms with Gasteiger partial charge in [0.2, 0.25) is 0 Å². The van der Waals surface area contributed by atoms with Crippen molar-refractivity contribution in [3.63, 3.8) is 0 Å². The van der Waals surface area contributed by atoms with E-state index in [1.54, 1.807) is 16.6 Å². The van der Waals surface area contributed by atoms with Gasteiger partial charge in [-0.05, 0) is 66.9 Å². The number of benzene rings is 4. The van der Waals surface area contributed by atoms with Crippen LogP contribution in [0.2, 0.25) is 0 Å². The summed E-state index contributed by atoms with van der Waals surface area (Å²) in [5.74, 6) is 1.18. The first-order valence-electron chi connectivity index (χ1n) is 15.1. The van der Waals surface area contributed by atoms with E-state index in [0.717, 1.165) is 27.5 Å². The molecule has 1 aliphatic heterocycles. The van der Waals surface area contributed by atoms with Gasteiger partial charge in [0.25, 0.3) is 11.5 Å². The number of rotatable bonds is 9. The first-order valence-corrected chi connectivity index (χ1v) is 15.9. The molecule has 0 radical (unpaired) electrons. The summed E-state index contributed by atoms with van der Waals surface area (Å²) in [6.45, 7) is 7.29. The Hall–Kier alpha value is -4.95. The molecule has 5 aromatic rings. The molecule has 1 amide bonds. The standard InChI is InChI=1S/C37H35N3O4S/c1-5-39(6-2)36(42)32-24(3)38-37-40(34(32)33-29-18-11-10-16-27(29)19-20-30(33)43-4)35(41)31(45-37)22-26-15-12-17-28(21-26)44-23-25-13-8-7-9-14-25/h7-22,34H,5-6,23H2,1-4H3/b31-22+/t34-/m0/s1. The second-order valence-electron chi connectivity index (χ2n) is 10.8. The molecule has 1 aromatic heterocycles. The number of methoxy groups -OCH3 is 1. The number of thiazole rings is 1. The fraction of sp³-hybridized carbons (Fsp3) is 0.216. The van der Waals surface area contributed by atoms with Crippen LogP contribution in [0.1, 0.15) is 43.5 Å². The Morgan fingerprint density at radius 2 is 1.73 bits per heavy atom. The number of amides is 1. The molecule has 0 saturated carbocycles. The number of nitrogens with zero attached hydrogens (tertiary/aromatic N) is 3. The van der Waals surface area contributed by atoms with Crippen LogP contribution in [0.3, 0.4) is 0 Å². The summed E-state index contributed by atoms with van der Waals surface area (Å²) in [5, 5.41) is 1.91. The van der Waals surface area contributed by atoms with Crippen LogP contribution in [-0.4, -0.2) is 35.6 Å². The zero-order valence-electron chi connectivity index (χ0n) is 25.8. The highest BCUT2D eigenvalue weighted by atomic mass is 32.1. The number of likely N-dealkylation sites (N-methyl/N-ethyl adjacent to an activating group) is 1. The fourth-order valence-corrected chi connectivity index (χ4v) is 6.92. The van der Waals surface area contributed by atoms with E-state index in [9.17, 15) is 9.59 Å². The molecule has 0 aliphatic carbocycles. The van der Waals surface area contributed by atoms with Gasteiger partial charge in [0.05, 0.1) is 22.9 Å². The lowest BCUT2D eigenvalue weighted by atomic mass is 9.90. The maximum absolute atomic E-state index is 14.4. The van der Waals surface area contributed by atoms with Crippen LogP contribution < -0.4 is 24.4 Å².